The number of hydrogen-bond acceptors (Lipinski definition) is 6. The van der Waals surface area contributed by atoms with E-state index in [1.807, 2.05) is 12.1 Å². The minimum Gasteiger partial charge on any atom is -0.378 e. The van der Waals surface area contributed by atoms with Crippen LogP contribution in [-0.4, -0.2) is 54.5 Å². The third-order valence-corrected chi connectivity index (χ3v) is 5.22. The Labute approximate surface area is 167 Å². The number of morpholine rings is 1. The topological polar surface area (TPSA) is 106 Å². The summed E-state index contributed by atoms with van der Waals surface area (Å²) in [5.74, 6) is -0.563. The summed E-state index contributed by atoms with van der Waals surface area (Å²) in [4.78, 5) is 42.0. The van der Waals surface area contributed by atoms with Gasteiger partial charge in [0.05, 0.1) is 25.9 Å². The molecule has 1 amide bonds. The van der Waals surface area contributed by atoms with E-state index in [4.69, 9.17) is 9.47 Å². The van der Waals surface area contributed by atoms with Crippen LogP contribution in [0.4, 0.5) is 11.4 Å². The van der Waals surface area contributed by atoms with Crippen LogP contribution in [0.2, 0.25) is 0 Å². The average Bonchev–Trinajstić information content (AvgIpc) is 3.25. The Morgan fingerprint density at radius 2 is 1.90 bits per heavy atom. The monoisotopic (exact) mass is 400 g/mol. The number of aromatic amines is 1. The van der Waals surface area contributed by atoms with Gasteiger partial charge in [-0.1, -0.05) is 0 Å². The van der Waals surface area contributed by atoms with Gasteiger partial charge in [-0.25, -0.2) is 4.79 Å². The minimum atomic E-state index is -0.619. The van der Waals surface area contributed by atoms with Crippen LogP contribution >= 0.6 is 0 Å². The van der Waals surface area contributed by atoms with Crippen LogP contribution in [0.3, 0.4) is 0 Å². The van der Waals surface area contributed by atoms with Gasteiger partial charge in [-0.05, 0) is 37.1 Å². The van der Waals surface area contributed by atoms with E-state index < -0.39 is 17.2 Å². The lowest BCUT2D eigenvalue weighted by atomic mass is 10.2. The van der Waals surface area contributed by atoms with Crippen LogP contribution in [-0.2, 0) is 16.0 Å². The van der Waals surface area contributed by atoms with E-state index >= 15 is 0 Å². The lowest BCUT2D eigenvalue weighted by Gasteiger charge is -2.28. The molecule has 0 spiro atoms. The molecule has 2 aliphatic rings. The van der Waals surface area contributed by atoms with Gasteiger partial charge >= 0.3 is 5.69 Å². The van der Waals surface area contributed by atoms with E-state index in [0.717, 1.165) is 42.4 Å². The molecule has 1 atom stereocenters. The fraction of sp³-hybridized carbons (Fsp3) is 0.450. The molecule has 0 radical (unpaired) electrons. The number of carbonyl (C=O) groups is 1. The van der Waals surface area contributed by atoms with Gasteiger partial charge in [-0.2, -0.15) is 0 Å². The first kappa shape index (κ1) is 19.4. The fourth-order valence-electron chi connectivity index (χ4n) is 3.61. The van der Waals surface area contributed by atoms with Crippen molar-refractivity contribution >= 4 is 17.3 Å². The first-order valence-electron chi connectivity index (χ1n) is 9.80. The van der Waals surface area contributed by atoms with Crippen molar-refractivity contribution in [3.63, 3.8) is 0 Å². The molecule has 1 aromatic heterocycles. The molecule has 2 fully saturated rings. The normalized spacial score (nSPS) is 19.3. The zero-order valence-electron chi connectivity index (χ0n) is 16.1. The summed E-state index contributed by atoms with van der Waals surface area (Å²) in [7, 11) is 0. The van der Waals surface area contributed by atoms with Gasteiger partial charge in [0.25, 0.3) is 11.5 Å². The number of ether oxygens (including phenoxy) is 2. The maximum absolute atomic E-state index is 12.7. The molecular weight excluding hydrogens is 376 g/mol. The summed E-state index contributed by atoms with van der Waals surface area (Å²) < 4.78 is 11.9. The highest BCUT2D eigenvalue weighted by atomic mass is 16.5. The van der Waals surface area contributed by atoms with Crippen molar-refractivity contribution in [2.45, 2.75) is 25.5 Å². The van der Waals surface area contributed by atoms with Crippen molar-refractivity contribution in [1.29, 1.82) is 0 Å². The molecule has 2 aromatic rings. The summed E-state index contributed by atoms with van der Waals surface area (Å²) in [6, 6.07) is 7.42. The van der Waals surface area contributed by atoms with Crippen molar-refractivity contribution in [2.75, 3.05) is 43.1 Å². The highest BCUT2D eigenvalue weighted by Gasteiger charge is 2.21. The van der Waals surface area contributed by atoms with Crippen molar-refractivity contribution < 1.29 is 14.3 Å². The number of amides is 1. The van der Waals surface area contributed by atoms with Crippen LogP contribution in [0.5, 0.6) is 0 Å². The first-order chi connectivity index (χ1) is 14.1. The molecule has 9 nitrogen and oxygen atoms in total. The first-order valence-corrected chi connectivity index (χ1v) is 9.80. The Hall–Kier alpha value is -2.91. The third-order valence-electron chi connectivity index (χ3n) is 5.22. The number of nitrogens with one attached hydrogen (secondary N) is 2. The Morgan fingerprint density at radius 1 is 1.14 bits per heavy atom. The molecule has 3 heterocycles. The second-order valence-corrected chi connectivity index (χ2v) is 7.16. The van der Waals surface area contributed by atoms with Crippen molar-refractivity contribution in [2.24, 2.45) is 0 Å². The number of carbonyl (C=O) groups excluding carboxylic acids is 1. The largest absolute Gasteiger partial charge is 0.378 e. The van der Waals surface area contributed by atoms with Gasteiger partial charge < -0.3 is 24.7 Å². The molecule has 0 aliphatic carbocycles. The Morgan fingerprint density at radius 3 is 2.59 bits per heavy atom. The van der Waals surface area contributed by atoms with E-state index in [9.17, 15) is 14.4 Å². The van der Waals surface area contributed by atoms with Gasteiger partial charge in [0.1, 0.15) is 5.56 Å². The van der Waals surface area contributed by atoms with Gasteiger partial charge in [-0.15, -0.1) is 0 Å². The Kier molecular flexibility index (Phi) is 5.77. The third kappa shape index (κ3) is 4.41. The van der Waals surface area contributed by atoms with Gasteiger partial charge in [0, 0.05) is 37.3 Å². The Balaban J connectivity index is 1.48. The van der Waals surface area contributed by atoms with Gasteiger partial charge in [0.15, 0.2) is 0 Å². The van der Waals surface area contributed by atoms with Crippen LogP contribution in [0, 0.1) is 0 Å². The second-order valence-electron chi connectivity index (χ2n) is 7.16. The smallest absolute Gasteiger partial charge is 0.328 e. The molecule has 29 heavy (non-hydrogen) atoms. The van der Waals surface area contributed by atoms with E-state index in [2.05, 4.69) is 15.2 Å². The van der Waals surface area contributed by atoms with Crippen LogP contribution in [0.25, 0.3) is 0 Å². The van der Waals surface area contributed by atoms with Crippen LogP contribution in [0.15, 0.2) is 40.1 Å². The molecule has 2 aliphatic heterocycles. The summed E-state index contributed by atoms with van der Waals surface area (Å²) in [6.45, 7) is 3.81. The maximum atomic E-state index is 12.7. The maximum Gasteiger partial charge on any atom is 0.328 e. The summed E-state index contributed by atoms with van der Waals surface area (Å²) in [6.07, 6.45) is 2.67. The van der Waals surface area contributed by atoms with E-state index in [0.29, 0.717) is 25.5 Å². The number of H-pyrrole nitrogens is 1. The molecule has 2 N–H and O–H groups in total. The van der Waals surface area contributed by atoms with Crippen molar-refractivity contribution in [3.05, 3.63) is 56.9 Å². The predicted octanol–water partition coefficient (Wildman–Crippen LogP) is 0.804. The molecule has 154 valence electrons. The molecule has 9 heteroatoms. The molecule has 0 bridgehead atoms. The number of rotatable bonds is 5. The van der Waals surface area contributed by atoms with Crippen LogP contribution < -0.4 is 21.5 Å². The summed E-state index contributed by atoms with van der Waals surface area (Å²) >= 11 is 0. The highest BCUT2D eigenvalue weighted by molar-refractivity contribution is 6.03. The molecule has 1 aromatic carbocycles. The van der Waals surface area contributed by atoms with Gasteiger partial charge in [0.2, 0.25) is 0 Å². The van der Waals surface area contributed by atoms with Crippen LogP contribution in [0.1, 0.15) is 23.2 Å². The average molecular weight is 400 g/mol. The van der Waals surface area contributed by atoms with Crippen molar-refractivity contribution in [3.8, 4) is 0 Å². The van der Waals surface area contributed by atoms with E-state index in [-0.39, 0.29) is 18.2 Å². The lowest BCUT2D eigenvalue weighted by Crippen LogP contribution is -2.41. The standard InChI is InChI=1S/C20H24N4O5/c25-18(22-14-3-5-15(6-4-14)23-7-10-28-11-8-23)17-12-21-20(27)24(19(17)26)13-16-2-1-9-29-16/h3-6,12,16H,1-2,7-11,13H2,(H,21,27)(H,22,25). The van der Waals surface area contributed by atoms with Gasteiger partial charge in [-0.3, -0.25) is 14.2 Å². The van der Waals surface area contributed by atoms with E-state index in [1.165, 1.54) is 0 Å². The molecule has 2 saturated heterocycles. The molecule has 4 rings (SSSR count). The summed E-state index contributed by atoms with van der Waals surface area (Å²) in [5.41, 5.74) is 0.348. The summed E-state index contributed by atoms with van der Waals surface area (Å²) in [5, 5.41) is 2.72. The molecular formula is C20H24N4O5. The number of aromatic nitrogens is 2. The second kappa shape index (κ2) is 8.62. The number of benzene rings is 1. The molecule has 1 unspecified atom stereocenters. The fourth-order valence-corrected chi connectivity index (χ4v) is 3.61. The zero-order valence-corrected chi connectivity index (χ0v) is 16.1. The quantitative estimate of drug-likeness (QED) is 0.769. The predicted molar refractivity (Wildman–Crippen MR) is 108 cm³/mol. The molecule has 0 saturated carbocycles. The SMILES string of the molecule is O=C(Nc1ccc(N2CCOCC2)cc1)c1c[nH]c(=O)n(CC2CCCO2)c1=O. The number of hydrogen-bond donors (Lipinski definition) is 2. The lowest BCUT2D eigenvalue weighted by molar-refractivity contribution is 0.0941. The highest BCUT2D eigenvalue weighted by Crippen LogP contribution is 2.19. The zero-order chi connectivity index (χ0) is 20.2. The minimum absolute atomic E-state index is 0.111. The Bertz CT molecular complexity index is 970. The van der Waals surface area contributed by atoms with E-state index in [1.54, 1.807) is 12.1 Å². The number of anilines is 2. The number of nitrogens with zero attached hydrogens (tertiary/aromatic N) is 2. The van der Waals surface area contributed by atoms with Crippen molar-refractivity contribution in [1.82, 2.24) is 9.55 Å².